The SMILES string of the molecule is O=C(NCc1ccncc1)c1n[nH]c(=O)[nH]1. The average Bonchev–Trinajstić information content (AvgIpc) is 2.74. The fourth-order valence-corrected chi connectivity index (χ4v) is 1.14. The summed E-state index contributed by atoms with van der Waals surface area (Å²) in [6, 6.07) is 3.57. The molecule has 0 saturated carbocycles. The molecule has 0 aliphatic heterocycles. The highest BCUT2D eigenvalue weighted by atomic mass is 16.2. The first-order chi connectivity index (χ1) is 7.75. The number of hydrogen-bond acceptors (Lipinski definition) is 4. The standard InChI is InChI=1S/C9H9N5O2/c15-8(7-12-9(16)14-13-7)11-5-6-1-3-10-4-2-6/h1-4H,5H2,(H,11,15)(H2,12,13,14,16). The normalized spacial score (nSPS) is 10.0. The fraction of sp³-hybridized carbons (Fsp3) is 0.111. The number of pyridine rings is 1. The molecule has 0 atom stereocenters. The molecule has 0 fully saturated rings. The minimum Gasteiger partial charge on any atom is -0.345 e. The minimum absolute atomic E-state index is 0.0287. The van der Waals surface area contributed by atoms with Gasteiger partial charge in [-0.25, -0.2) is 9.89 Å². The molecule has 1 amide bonds. The minimum atomic E-state index is -0.505. The van der Waals surface area contributed by atoms with Crippen LogP contribution in [0.4, 0.5) is 0 Å². The predicted molar refractivity (Wildman–Crippen MR) is 54.6 cm³/mol. The molecule has 82 valence electrons. The van der Waals surface area contributed by atoms with Gasteiger partial charge in [-0.1, -0.05) is 0 Å². The lowest BCUT2D eigenvalue weighted by atomic mass is 10.3. The van der Waals surface area contributed by atoms with E-state index in [2.05, 4.69) is 25.5 Å². The Balaban J connectivity index is 1.97. The van der Waals surface area contributed by atoms with Gasteiger partial charge < -0.3 is 5.32 Å². The Hall–Kier alpha value is -2.44. The molecule has 0 saturated heterocycles. The van der Waals surface area contributed by atoms with E-state index in [1.54, 1.807) is 24.5 Å². The van der Waals surface area contributed by atoms with Crippen LogP contribution in [0.3, 0.4) is 0 Å². The smallest absolute Gasteiger partial charge is 0.341 e. The van der Waals surface area contributed by atoms with Crippen LogP contribution in [0.25, 0.3) is 0 Å². The molecular weight excluding hydrogens is 210 g/mol. The number of carbonyl (C=O) groups excluding carboxylic acids is 1. The lowest BCUT2D eigenvalue weighted by molar-refractivity contribution is 0.0941. The number of aromatic amines is 2. The van der Waals surface area contributed by atoms with Crippen LogP contribution in [0, 0.1) is 0 Å². The number of hydrogen-bond donors (Lipinski definition) is 3. The second-order valence-electron chi connectivity index (χ2n) is 3.06. The molecule has 0 spiro atoms. The van der Waals surface area contributed by atoms with Crippen LogP contribution in [0.15, 0.2) is 29.3 Å². The molecule has 2 rings (SSSR count). The number of nitrogens with one attached hydrogen (secondary N) is 3. The molecule has 7 nitrogen and oxygen atoms in total. The zero-order valence-corrected chi connectivity index (χ0v) is 8.23. The van der Waals surface area contributed by atoms with Crippen LogP contribution in [-0.4, -0.2) is 26.1 Å². The summed E-state index contributed by atoms with van der Waals surface area (Å²) >= 11 is 0. The van der Waals surface area contributed by atoms with Gasteiger partial charge in [0.05, 0.1) is 0 Å². The fourth-order valence-electron chi connectivity index (χ4n) is 1.14. The maximum Gasteiger partial charge on any atom is 0.341 e. The van der Waals surface area contributed by atoms with Crippen molar-refractivity contribution in [2.45, 2.75) is 6.54 Å². The van der Waals surface area contributed by atoms with Crippen molar-refractivity contribution in [3.8, 4) is 0 Å². The van der Waals surface area contributed by atoms with Gasteiger partial charge in [0.15, 0.2) is 0 Å². The number of rotatable bonds is 3. The van der Waals surface area contributed by atoms with Crippen LogP contribution in [0.2, 0.25) is 0 Å². The van der Waals surface area contributed by atoms with E-state index in [-0.39, 0.29) is 5.82 Å². The van der Waals surface area contributed by atoms with E-state index in [9.17, 15) is 9.59 Å². The first-order valence-electron chi connectivity index (χ1n) is 4.57. The predicted octanol–water partition coefficient (Wildman–Crippen LogP) is -0.577. The third-order valence-electron chi connectivity index (χ3n) is 1.92. The maximum atomic E-state index is 11.5. The van der Waals surface area contributed by atoms with E-state index in [4.69, 9.17) is 0 Å². The summed E-state index contributed by atoms with van der Waals surface area (Å²) in [7, 11) is 0. The summed E-state index contributed by atoms with van der Waals surface area (Å²) in [5.74, 6) is -0.464. The molecule has 7 heteroatoms. The molecule has 0 aromatic carbocycles. The van der Waals surface area contributed by atoms with E-state index >= 15 is 0 Å². The maximum absolute atomic E-state index is 11.5. The number of carbonyl (C=O) groups is 1. The summed E-state index contributed by atoms with van der Waals surface area (Å²) in [6.07, 6.45) is 3.27. The monoisotopic (exact) mass is 219 g/mol. The second-order valence-corrected chi connectivity index (χ2v) is 3.06. The molecule has 3 N–H and O–H groups in total. The third-order valence-corrected chi connectivity index (χ3v) is 1.92. The molecule has 16 heavy (non-hydrogen) atoms. The molecule has 0 radical (unpaired) electrons. The highest BCUT2D eigenvalue weighted by molar-refractivity contribution is 5.90. The van der Waals surface area contributed by atoms with Crippen LogP contribution >= 0.6 is 0 Å². The third kappa shape index (κ3) is 2.32. The quantitative estimate of drug-likeness (QED) is 0.642. The summed E-state index contributed by atoms with van der Waals surface area (Å²) < 4.78 is 0. The highest BCUT2D eigenvalue weighted by Crippen LogP contribution is 1.95. The van der Waals surface area contributed by atoms with E-state index < -0.39 is 11.6 Å². The second kappa shape index (κ2) is 4.39. The average molecular weight is 219 g/mol. The van der Waals surface area contributed by atoms with Crippen molar-refractivity contribution in [3.63, 3.8) is 0 Å². The Morgan fingerprint density at radius 1 is 1.38 bits per heavy atom. The number of H-pyrrole nitrogens is 2. The van der Waals surface area contributed by atoms with Gasteiger partial charge in [-0.05, 0) is 17.7 Å². The van der Waals surface area contributed by atoms with Gasteiger partial charge in [0.25, 0.3) is 5.91 Å². The Morgan fingerprint density at radius 3 is 2.75 bits per heavy atom. The Morgan fingerprint density at radius 2 is 2.12 bits per heavy atom. The summed E-state index contributed by atoms with van der Waals surface area (Å²) in [5, 5.41) is 8.24. The highest BCUT2D eigenvalue weighted by Gasteiger charge is 2.08. The van der Waals surface area contributed by atoms with E-state index in [1.165, 1.54) is 0 Å². The number of nitrogens with zero attached hydrogens (tertiary/aromatic N) is 2. The summed E-state index contributed by atoms with van der Waals surface area (Å²) in [4.78, 5) is 28.3. The van der Waals surface area contributed by atoms with Gasteiger partial charge in [0.1, 0.15) is 0 Å². The van der Waals surface area contributed by atoms with Crippen molar-refractivity contribution in [1.82, 2.24) is 25.5 Å². The number of aromatic nitrogens is 4. The molecule has 2 heterocycles. The van der Waals surface area contributed by atoms with Gasteiger partial charge in [0.2, 0.25) is 5.82 Å². The van der Waals surface area contributed by atoms with Crippen molar-refractivity contribution in [1.29, 1.82) is 0 Å². The number of amides is 1. The van der Waals surface area contributed by atoms with Crippen molar-refractivity contribution in [3.05, 3.63) is 46.4 Å². The van der Waals surface area contributed by atoms with Crippen molar-refractivity contribution in [2.75, 3.05) is 0 Å². The molecule has 0 bridgehead atoms. The lowest BCUT2D eigenvalue weighted by Crippen LogP contribution is -2.24. The Labute approximate surface area is 89.9 Å². The summed E-state index contributed by atoms with van der Waals surface area (Å²) in [5.41, 5.74) is 0.412. The molecule has 0 unspecified atom stereocenters. The molecule has 2 aromatic rings. The molecular formula is C9H9N5O2. The van der Waals surface area contributed by atoms with Crippen LogP contribution < -0.4 is 11.0 Å². The van der Waals surface area contributed by atoms with Gasteiger partial charge in [-0.3, -0.25) is 14.8 Å². The van der Waals surface area contributed by atoms with E-state index in [0.717, 1.165) is 5.56 Å². The van der Waals surface area contributed by atoms with E-state index in [0.29, 0.717) is 6.54 Å². The van der Waals surface area contributed by atoms with E-state index in [1.807, 2.05) is 0 Å². The first kappa shape index (κ1) is 10.1. The Kier molecular flexibility index (Phi) is 2.77. The van der Waals surface area contributed by atoms with Crippen LogP contribution in [0.1, 0.15) is 16.2 Å². The molecule has 0 aliphatic rings. The first-order valence-corrected chi connectivity index (χ1v) is 4.57. The van der Waals surface area contributed by atoms with Gasteiger partial charge >= 0.3 is 5.69 Å². The largest absolute Gasteiger partial charge is 0.345 e. The van der Waals surface area contributed by atoms with Crippen molar-refractivity contribution < 1.29 is 4.79 Å². The molecule has 2 aromatic heterocycles. The van der Waals surface area contributed by atoms with Gasteiger partial charge in [0, 0.05) is 18.9 Å². The van der Waals surface area contributed by atoms with Gasteiger partial charge in [-0.2, -0.15) is 0 Å². The van der Waals surface area contributed by atoms with Crippen molar-refractivity contribution >= 4 is 5.91 Å². The zero-order valence-electron chi connectivity index (χ0n) is 8.23. The lowest BCUT2D eigenvalue weighted by Gasteiger charge is -2.01. The van der Waals surface area contributed by atoms with Crippen LogP contribution in [-0.2, 0) is 6.54 Å². The van der Waals surface area contributed by atoms with Crippen LogP contribution in [0.5, 0.6) is 0 Å². The Bertz CT molecular complexity index is 530. The van der Waals surface area contributed by atoms with Crippen molar-refractivity contribution in [2.24, 2.45) is 0 Å². The summed E-state index contributed by atoms with van der Waals surface area (Å²) in [6.45, 7) is 0.357. The van der Waals surface area contributed by atoms with Gasteiger partial charge in [-0.15, -0.1) is 5.10 Å². The topological polar surface area (TPSA) is 104 Å². The molecule has 0 aliphatic carbocycles. The zero-order chi connectivity index (χ0) is 11.4.